The minimum atomic E-state index is -0.0285. The fourth-order valence-corrected chi connectivity index (χ4v) is 3.58. The van der Waals surface area contributed by atoms with Crippen LogP contribution in [-0.4, -0.2) is 59.3 Å². The van der Waals surface area contributed by atoms with Crippen LogP contribution in [0.5, 0.6) is 0 Å². The summed E-state index contributed by atoms with van der Waals surface area (Å²) in [5.74, 6) is -0.0285. The Kier molecular flexibility index (Phi) is 4.53. The number of nitrogens with one attached hydrogen (secondary N) is 1. The first kappa shape index (κ1) is 17.5. The number of para-hydroxylation sites is 1. The fraction of sp³-hybridized carbons (Fsp3) is 0.350. The molecule has 0 bridgehead atoms. The minimum absolute atomic E-state index is 0.0285. The Labute approximate surface area is 158 Å². The number of carbonyl (C=O) groups excluding carboxylic acids is 1. The molecule has 1 unspecified atom stereocenters. The predicted molar refractivity (Wildman–Crippen MR) is 106 cm³/mol. The van der Waals surface area contributed by atoms with Crippen LogP contribution in [-0.2, 0) is 7.05 Å². The molecule has 1 amide bonds. The second-order valence-corrected chi connectivity index (χ2v) is 7.14. The molecule has 7 heteroatoms. The van der Waals surface area contributed by atoms with Crippen molar-refractivity contribution in [3.63, 3.8) is 0 Å². The second-order valence-electron chi connectivity index (χ2n) is 7.14. The third-order valence-electron chi connectivity index (χ3n) is 4.99. The van der Waals surface area contributed by atoms with Gasteiger partial charge < -0.3 is 15.1 Å². The van der Waals surface area contributed by atoms with Gasteiger partial charge in [-0.05, 0) is 12.1 Å². The maximum absolute atomic E-state index is 13.2. The van der Waals surface area contributed by atoms with Gasteiger partial charge in [-0.3, -0.25) is 9.48 Å². The molecule has 1 atom stereocenters. The van der Waals surface area contributed by atoms with E-state index in [0.29, 0.717) is 18.8 Å². The van der Waals surface area contributed by atoms with E-state index in [1.54, 1.807) is 4.68 Å². The molecule has 2 aromatic heterocycles. The molecule has 7 nitrogen and oxygen atoms in total. The first-order valence-corrected chi connectivity index (χ1v) is 9.11. The Hall–Kier alpha value is -2.93. The van der Waals surface area contributed by atoms with Crippen LogP contribution in [0.3, 0.4) is 0 Å². The molecule has 0 saturated carbocycles. The molecule has 140 valence electrons. The summed E-state index contributed by atoms with van der Waals surface area (Å²) in [6.45, 7) is 2.02. The van der Waals surface area contributed by atoms with E-state index in [9.17, 15) is 4.79 Å². The number of rotatable bonds is 3. The van der Waals surface area contributed by atoms with Crippen LogP contribution in [0.25, 0.3) is 10.9 Å². The molecule has 0 radical (unpaired) electrons. The highest BCUT2D eigenvalue weighted by Crippen LogP contribution is 2.26. The number of nitrogens with zero attached hydrogens (tertiary/aromatic N) is 5. The maximum atomic E-state index is 13.2. The highest BCUT2D eigenvalue weighted by atomic mass is 16.2. The van der Waals surface area contributed by atoms with Crippen molar-refractivity contribution >= 4 is 22.5 Å². The van der Waals surface area contributed by atoms with E-state index in [2.05, 4.69) is 15.4 Å². The normalized spacial score (nSPS) is 17.3. The van der Waals surface area contributed by atoms with Gasteiger partial charge in [-0.1, -0.05) is 18.2 Å². The van der Waals surface area contributed by atoms with E-state index >= 15 is 0 Å². The van der Waals surface area contributed by atoms with Crippen molar-refractivity contribution < 1.29 is 4.79 Å². The van der Waals surface area contributed by atoms with E-state index in [1.807, 2.05) is 73.7 Å². The number of aromatic nitrogens is 3. The van der Waals surface area contributed by atoms with Crippen molar-refractivity contribution in [2.45, 2.75) is 6.04 Å². The van der Waals surface area contributed by atoms with Crippen LogP contribution < -0.4 is 10.2 Å². The summed E-state index contributed by atoms with van der Waals surface area (Å²) in [7, 11) is 5.87. The van der Waals surface area contributed by atoms with Gasteiger partial charge in [0, 0.05) is 63.6 Å². The van der Waals surface area contributed by atoms with Crippen molar-refractivity contribution in [3.05, 3.63) is 54.0 Å². The van der Waals surface area contributed by atoms with Crippen LogP contribution in [0.4, 0.5) is 5.69 Å². The zero-order valence-electron chi connectivity index (χ0n) is 15.9. The lowest BCUT2D eigenvalue weighted by Gasteiger charge is -2.33. The summed E-state index contributed by atoms with van der Waals surface area (Å²) in [5, 5.41) is 8.76. The molecular weight excluding hydrogens is 340 g/mol. The van der Waals surface area contributed by atoms with Crippen LogP contribution in [0.1, 0.15) is 22.1 Å². The molecule has 1 aliphatic rings. The average Bonchev–Trinajstić information content (AvgIpc) is 3.13. The van der Waals surface area contributed by atoms with Gasteiger partial charge in [0.2, 0.25) is 0 Å². The van der Waals surface area contributed by atoms with E-state index in [4.69, 9.17) is 0 Å². The number of piperazine rings is 1. The third-order valence-corrected chi connectivity index (χ3v) is 4.99. The number of hydrogen-bond donors (Lipinski definition) is 1. The van der Waals surface area contributed by atoms with Crippen molar-refractivity contribution in [1.82, 2.24) is 25.0 Å². The van der Waals surface area contributed by atoms with Gasteiger partial charge in [0.05, 0.1) is 17.8 Å². The van der Waals surface area contributed by atoms with E-state index in [0.717, 1.165) is 28.7 Å². The van der Waals surface area contributed by atoms with Crippen LogP contribution in [0.15, 0.2) is 42.7 Å². The fourth-order valence-electron chi connectivity index (χ4n) is 3.58. The topological polar surface area (TPSA) is 66.3 Å². The third kappa shape index (κ3) is 3.38. The molecule has 0 spiro atoms. The largest absolute Gasteiger partial charge is 0.377 e. The number of anilines is 1. The van der Waals surface area contributed by atoms with Crippen molar-refractivity contribution in [1.29, 1.82) is 0 Å². The Morgan fingerprint density at radius 3 is 2.85 bits per heavy atom. The number of hydrogen-bond acceptors (Lipinski definition) is 5. The summed E-state index contributed by atoms with van der Waals surface area (Å²) < 4.78 is 1.78. The molecule has 0 aliphatic carbocycles. The van der Waals surface area contributed by atoms with Crippen LogP contribution in [0.2, 0.25) is 0 Å². The number of pyridine rings is 1. The lowest BCUT2D eigenvalue weighted by atomic mass is 10.1. The van der Waals surface area contributed by atoms with Crippen LogP contribution in [0, 0.1) is 0 Å². The molecule has 1 aliphatic heterocycles. The lowest BCUT2D eigenvalue weighted by molar-refractivity contribution is 0.0697. The molecular formula is C20H24N6O. The Morgan fingerprint density at radius 1 is 1.30 bits per heavy atom. The first-order chi connectivity index (χ1) is 13.0. The van der Waals surface area contributed by atoms with Crippen LogP contribution >= 0.6 is 0 Å². The molecule has 1 fully saturated rings. The van der Waals surface area contributed by atoms with Gasteiger partial charge in [0.1, 0.15) is 5.69 Å². The number of carbonyl (C=O) groups is 1. The van der Waals surface area contributed by atoms with Gasteiger partial charge in [-0.2, -0.15) is 5.10 Å². The lowest BCUT2D eigenvalue weighted by Crippen LogP contribution is -2.48. The Morgan fingerprint density at radius 2 is 2.11 bits per heavy atom. The summed E-state index contributed by atoms with van der Waals surface area (Å²) in [5.41, 5.74) is 3.42. The highest BCUT2D eigenvalue weighted by molar-refractivity contribution is 6.00. The number of fused-ring (bicyclic) bond motifs is 1. The van der Waals surface area contributed by atoms with E-state index < -0.39 is 0 Å². The molecule has 1 aromatic carbocycles. The van der Waals surface area contributed by atoms with Gasteiger partial charge in [-0.15, -0.1) is 0 Å². The van der Waals surface area contributed by atoms with E-state index in [-0.39, 0.29) is 11.9 Å². The summed E-state index contributed by atoms with van der Waals surface area (Å²) >= 11 is 0. The highest BCUT2D eigenvalue weighted by Gasteiger charge is 2.27. The quantitative estimate of drug-likeness (QED) is 0.768. The SMILES string of the molecule is CN(C)c1cc(C(=O)N2CCNC(c3cnn(C)c3)C2)nc2ccccc12. The molecule has 3 heterocycles. The molecule has 27 heavy (non-hydrogen) atoms. The zero-order chi connectivity index (χ0) is 19.0. The zero-order valence-corrected chi connectivity index (χ0v) is 15.9. The Balaban J connectivity index is 1.64. The van der Waals surface area contributed by atoms with Crippen molar-refractivity contribution in [2.24, 2.45) is 7.05 Å². The summed E-state index contributed by atoms with van der Waals surface area (Å²) in [6, 6.07) is 9.92. The predicted octanol–water partition coefficient (Wildman–Crippen LogP) is 1.82. The smallest absolute Gasteiger partial charge is 0.272 e. The maximum Gasteiger partial charge on any atom is 0.272 e. The number of benzene rings is 1. The molecule has 3 aromatic rings. The monoisotopic (exact) mass is 364 g/mol. The van der Waals surface area contributed by atoms with Crippen molar-refractivity contribution in [3.8, 4) is 0 Å². The second kappa shape index (κ2) is 7.00. The Bertz CT molecular complexity index is 980. The average molecular weight is 364 g/mol. The summed E-state index contributed by atoms with van der Waals surface area (Å²) in [4.78, 5) is 21.7. The van der Waals surface area contributed by atoms with Gasteiger partial charge in [0.25, 0.3) is 5.91 Å². The van der Waals surface area contributed by atoms with Crippen molar-refractivity contribution in [2.75, 3.05) is 38.6 Å². The number of amides is 1. The standard InChI is InChI=1S/C20H24N6O/c1-24(2)19-10-17(23-16-7-5-4-6-15(16)19)20(27)26-9-8-21-18(13-26)14-11-22-25(3)12-14/h4-7,10-12,18,21H,8-9,13H2,1-3H3. The molecule has 4 rings (SSSR count). The molecule has 1 saturated heterocycles. The first-order valence-electron chi connectivity index (χ1n) is 9.11. The van der Waals surface area contributed by atoms with Gasteiger partial charge >= 0.3 is 0 Å². The van der Waals surface area contributed by atoms with E-state index in [1.165, 1.54) is 0 Å². The molecule has 1 N–H and O–H groups in total. The van der Waals surface area contributed by atoms with Gasteiger partial charge in [-0.25, -0.2) is 4.98 Å². The number of aryl methyl sites for hydroxylation is 1. The minimum Gasteiger partial charge on any atom is -0.377 e. The summed E-state index contributed by atoms with van der Waals surface area (Å²) in [6.07, 6.45) is 3.84. The van der Waals surface area contributed by atoms with Gasteiger partial charge in [0.15, 0.2) is 0 Å².